The number of rotatable bonds is 15. The van der Waals surface area contributed by atoms with Crippen molar-refractivity contribution < 1.29 is 55.1 Å². The molecule has 1 fully saturated rings. The lowest BCUT2D eigenvalue weighted by atomic mass is 10.1. The average Bonchev–Trinajstić information content (AvgIpc) is 3.20. The Hall–Kier alpha value is -2.72. The zero-order valence-corrected chi connectivity index (χ0v) is 22.6. The number of esters is 3. The highest BCUT2D eigenvalue weighted by Gasteiger charge is 2.55. The summed E-state index contributed by atoms with van der Waals surface area (Å²) < 4.78 is 24.6. The molecule has 1 aliphatic heterocycles. The third kappa shape index (κ3) is 10.3. The van der Waals surface area contributed by atoms with Gasteiger partial charge < -0.3 is 37.1 Å². The van der Waals surface area contributed by atoms with E-state index in [1.807, 2.05) is 20.8 Å². The SMILES string of the molecule is CCCCC(=O)OC[C@H]1O[C@@H]([n+]2cccc(C(N)=O)c2)[C@@H](OC(=O)CCCC)[C@@H]1OC(=O)CCCC.[Cl-]. The van der Waals surface area contributed by atoms with Gasteiger partial charge in [0.1, 0.15) is 18.3 Å². The van der Waals surface area contributed by atoms with Crippen LogP contribution in [0.3, 0.4) is 0 Å². The van der Waals surface area contributed by atoms with Gasteiger partial charge in [0.15, 0.2) is 18.5 Å². The van der Waals surface area contributed by atoms with Gasteiger partial charge in [0.25, 0.3) is 5.91 Å². The molecule has 1 saturated heterocycles. The second kappa shape index (κ2) is 16.9. The first kappa shape index (κ1) is 32.3. The van der Waals surface area contributed by atoms with Crippen LogP contribution in [0.2, 0.25) is 0 Å². The van der Waals surface area contributed by atoms with Crippen molar-refractivity contribution in [2.24, 2.45) is 5.73 Å². The van der Waals surface area contributed by atoms with Crippen molar-refractivity contribution in [1.82, 2.24) is 0 Å². The lowest BCUT2D eigenvalue weighted by Gasteiger charge is -2.22. The predicted octanol–water partition coefficient (Wildman–Crippen LogP) is -0.0882. The number of pyridine rings is 1. The van der Waals surface area contributed by atoms with Crippen LogP contribution in [0.1, 0.15) is 95.1 Å². The molecule has 4 atom stereocenters. The number of halogens is 1. The van der Waals surface area contributed by atoms with Crippen molar-refractivity contribution >= 4 is 23.8 Å². The lowest BCUT2D eigenvalue weighted by molar-refractivity contribution is -0.765. The Balaban J connectivity index is 0.00000684. The molecule has 10 nitrogen and oxygen atoms in total. The predicted molar refractivity (Wildman–Crippen MR) is 128 cm³/mol. The van der Waals surface area contributed by atoms with Gasteiger partial charge in [-0.2, -0.15) is 4.57 Å². The number of hydrogen-bond acceptors (Lipinski definition) is 8. The van der Waals surface area contributed by atoms with Crippen LogP contribution in [0, 0.1) is 0 Å². The van der Waals surface area contributed by atoms with Gasteiger partial charge in [-0.05, 0) is 25.3 Å². The number of hydrogen-bond donors (Lipinski definition) is 1. The monoisotopic (exact) mass is 542 g/mol. The van der Waals surface area contributed by atoms with Crippen LogP contribution in [0.5, 0.6) is 0 Å². The largest absolute Gasteiger partial charge is 1.00 e. The van der Waals surface area contributed by atoms with Crippen molar-refractivity contribution in [3.8, 4) is 0 Å². The van der Waals surface area contributed by atoms with Gasteiger partial charge in [-0.1, -0.05) is 40.0 Å². The van der Waals surface area contributed by atoms with Crippen molar-refractivity contribution in [3.05, 3.63) is 30.1 Å². The topological polar surface area (TPSA) is 135 Å². The number of amides is 1. The first-order chi connectivity index (χ1) is 17.3. The number of unbranched alkanes of at least 4 members (excludes halogenated alkanes) is 3. The van der Waals surface area contributed by atoms with Gasteiger partial charge in [0.2, 0.25) is 6.10 Å². The standard InChI is InChI=1S/C26H38N2O8.ClH/c1-4-7-12-20(29)33-17-19-23(35-21(30)13-8-5-2)24(36-22(31)14-9-6-3)26(34-19)28-15-10-11-18(16-28)25(27)32;/h10-11,15-16,19,23-24,26H,4-9,12-14,17H2,1-3H3,(H-,27,32);1H/t19-,23-,24+,26-;/m1./s1. The number of nitrogens with zero attached hydrogens (tertiary/aromatic N) is 1. The summed E-state index contributed by atoms with van der Waals surface area (Å²) in [5, 5.41) is 0. The van der Waals surface area contributed by atoms with Crippen LogP contribution in [0.4, 0.5) is 0 Å². The molecular formula is C26H39ClN2O8. The summed E-state index contributed by atoms with van der Waals surface area (Å²) in [6, 6.07) is 3.16. The van der Waals surface area contributed by atoms with Crippen LogP contribution >= 0.6 is 0 Å². The molecule has 0 radical (unpaired) electrons. The highest BCUT2D eigenvalue weighted by molar-refractivity contribution is 5.92. The smallest absolute Gasteiger partial charge is 0.306 e. The Kier molecular flexibility index (Phi) is 14.8. The molecule has 2 N–H and O–H groups in total. The minimum atomic E-state index is -1.02. The Labute approximate surface area is 224 Å². The molecule has 0 unspecified atom stereocenters. The van der Waals surface area contributed by atoms with Crippen molar-refractivity contribution in [2.45, 2.75) is 103 Å². The summed E-state index contributed by atoms with van der Waals surface area (Å²) in [5.41, 5.74) is 5.66. The zero-order valence-electron chi connectivity index (χ0n) is 21.9. The normalized spacial score (nSPS) is 20.5. The maximum atomic E-state index is 12.6. The molecule has 1 aromatic rings. The molecule has 1 aliphatic rings. The summed E-state index contributed by atoms with van der Waals surface area (Å²) in [6.07, 6.45) is 4.36. The van der Waals surface area contributed by atoms with Crippen LogP contribution < -0.4 is 22.7 Å². The zero-order chi connectivity index (χ0) is 26.5. The van der Waals surface area contributed by atoms with E-state index >= 15 is 0 Å². The maximum Gasteiger partial charge on any atom is 0.306 e. The van der Waals surface area contributed by atoms with Crippen LogP contribution in [0.25, 0.3) is 0 Å². The molecule has 0 aromatic carbocycles. The fraction of sp³-hybridized carbons (Fsp3) is 0.654. The Morgan fingerprint density at radius 3 is 1.97 bits per heavy atom. The average molecular weight is 543 g/mol. The number of aromatic nitrogens is 1. The quantitative estimate of drug-likeness (QED) is 0.185. The van der Waals surface area contributed by atoms with Crippen LogP contribution in [-0.2, 0) is 33.3 Å². The van der Waals surface area contributed by atoms with E-state index in [-0.39, 0.29) is 49.8 Å². The Morgan fingerprint density at radius 1 is 0.892 bits per heavy atom. The number of ether oxygens (including phenoxy) is 4. The van der Waals surface area contributed by atoms with E-state index in [1.54, 1.807) is 22.9 Å². The molecule has 1 amide bonds. The molecule has 37 heavy (non-hydrogen) atoms. The van der Waals surface area contributed by atoms with Gasteiger partial charge in [0.05, 0.1) is 0 Å². The summed E-state index contributed by atoms with van der Waals surface area (Å²) in [6.45, 7) is 5.71. The van der Waals surface area contributed by atoms with Gasteiger partial charge in [-0.25, -0.2) is 0 Å². The number of primary amides is 1. The molecule has 0 saturated carbocycles. The molecule has 0 spiro atoms. The highest BCUT2D eigenvalue weighted by atomic mass is 35.5. The second-order valence-corrected chi connectivity index (χ2v) is 8.87. The third-order valence-electron chi connectivity index (χ3n) is 5.83. The van der Waals surface area contributed by atoms with E-state index in [0.29, 0.717) is 19.3 Å². The summed E-state index contributed by atoms with van der Waals surface area (Å²) in [4.78, 5) is 49.1. The molecule has 2 heterocycles. The van der Waals surface area contributed by atoms with Crippen molar-refractivity contribution in [3.63, 3.8) is 0 Å². The molecule has 208 valence electrons. The van der Waals surface area contributed by atoms with Crippen LogP contribution in [-0.4, -0.2) is 48.7 Å². The van der Waals surface area contributed by atoms with E-state index in [1.165, 1.54) is 6.20 Å². The first-order valence-electron chi connectivity index (χ1n) is 12.8. The van der Waals surface area contributed by atoms with Gasteiger partial charge in [-0.15, -0.1) is 0 Å². The number of nitrogens with two attached hydrogens (primary N) is 1. The van der Waals surface area contributed by atoms with Crippen LogP contribution in [0.15, 0.2) is 24.5 Å². The Morgan fingerprint density at radius 2 is 1.43 bits per heavy atom. The fourth-order valence-corrected chi connectivity index (χ4v) is 3.78. The molecular weight excluding hydrogens is 504 g/mol. The van der Waals surface area contributed by atoms with E-state index in [9.17, 15) is 19.2 Å². The molecule has 0 bridgehead atoms. The second-order valence-electron chi connectivity index (χ2n) is 8.87. The molecule has 2 rings (SSSR count). The number of carbonyl (C=O) groups excluding carboxylic acids is 4. The molecule has 1 aromatic heterocycles. The third-order valence-corrected chi connectivity index (χ3v) is 5.83. The van der Waals surface area contributed by atoms with Gasteiger partial charge in [-0.3, -0.25) is 19.2 Å². The summed E-state index contributed by atoms with van der Waals surface area (Å²) >= 11 is 0. The van der Waals surface area contributed by atoms with Crippen molar-refractivity contribution in [1.29, 1.82) is 0 Å². The minimum Gasteiger partial charge on any atom is -1.00 e. The summed E-state index contributed by atoms with van der Waals surface area (Å²) in [7, 11) is 0. The van der Waals surface area contributed by atoms with Gasteiger partial charge in [0, 0.05) is 25.3 Å². The highest BCUT2D eigenvalue weighted by Crippen LogP contribution is 2.32. The minimum absolute atomic E-state index is 0. The van der Waals surface area contributed by atoms with Crippen molar-refractivity contribution in [2.75, 3.05) is 6.61 Å². The first-order valence-corrected chi connectivity index (χ1v) is 12.8. The van der Waals surface area contributed by atoms with Gasteiger partial charge >= 0.3 is 24.1 Å². The van der Waals surface area contributed by atoms with E-state index in [0.717, 1.165) is 19.3 Å². The Bertz CT molecular complexity index is 897. The lowest BCUT2D eigenvalue weighted by Crippen LogP contribution is -3.00. The summed E-state index contributed by atoms with van der Waals surface area (Å²) in [5.74, 6) is -1.95. The van der Waals surface area contributed by atoms with E-state index in [2.05, 4.69) is 0 Å². The van der Waals surface area contributed by atoms with E-state index in [4.69, 9.17) is 24.7 Å². The maximum absolute atomic E-state index is 12.6. The molecule has 0 aliphatic carbocycles. The van der Waals surface area contributed by atoms with E-state index < -0.39 is 42.4 Å². The fourth-order valence-electron chi connectivity index (χ4n) is 3.78. The number of carbonyl (C=O) groups is 4. The molecule has 11 heteroatoms.